The van der Waals surface area contributed by atoms with Crippen LogP contribution in [0.25, 0.3) is 0 Å². The van der Waals surface area contributed by atoms with E-state index >= 15 is 0 Å². The van der Waals surface area contributed by atoms with Gasteiger partial charge in [-0.15, -0.1) is 0 Å². The van der Waals surface area contributed by atoms with Gasteiger partial charge in [-0.1, -0.05) is 23.8 Å². The number of hydrogen-bond donors (Lipinski definition) is 1. The van der Waals surface area contributed by atoms with Gasteiger partial charge in [-0.25, -0.2) is 8.42 Å². The number of rotatable bonds is 7. The average molecular weight is 413 g/mol. The van der Waals surface area contributed by atoms with Gasteiger partial charge in [0.25, 0.3) is 10.0 Å². The summed E-state index contributed by atoms with van der Waals surface area (Å²) in [7, 11) is -3.92. The normalized spacial score (nSPS) is 11.3. The molecule has 1 aromatic heterocycles. The number of sulfonamides is 1. The van der Waals surface area contributed by atoms with Crippen molar-refractivity contribution >= 4 is 21.6 Å². The third kappa shape index (κ3) is 4.86. The zero-order valence-electron chi connectivity index (χ0n) is 16.7. The number of furan rings is 1. The zero-order valence-corrected chi connectivity index (χ0v) is 17.5. The van der Waals surface area contributed by atoms with E-state index in [2.05, 4.69) is 5.32 Å². The van der Waals surface area contributed by atoms with Crippen LogP contribution in [0.5, 0.6) is 0 Å². The summed E-state index contributed by atoms with van der Waals surface area (Å²) < 4.78 is 33.0. The topological polar surface area (TPSA) is 79.6 Å². The Bertz CT molecular complexity index is 1090. The highest BCUT2D eigenvalue weighted by Crippen LogP contribution is 2.26. The highest BCUT2D eigenvalue weighted by atomic mass is 32.2. The van der Waals surface area contributed by atoms with Gasteiger partial charge in [0.1, 0.15) is 12.3 Å². The molecule has 29 heavy (non-hydrogen) atoms. The zero-order chi connectivity index (χ0) is 21.0. The van der Waals surface area contributed by atoms with Gasteiger partial charge in [0.05, 0.1) is 23.4 Å². The molecular weight excluding hydrogens is 388 g/mol. The molecule has 1 heterocycles. The Morgan fingerprint density at radius 2 is 1.72 bits per heavy atom. The summed E-state index contributed by atoms with van der Waals surface area (Å²) in [5.74, 6) is 0.174. The summed E-state index contributed by atoms with van der Waals surface area (Å²) in [4.78, 5) is 12.7. The molecule has 0 aliphatic rings. The molecule has 0 fully saturated rings. The van der Waals surface area contributed by atoms with Crippen LogP contribution in [0, 0.1) is 20.8 Å². The third-order valence-electron chi connectivity index (χ3n) is 4.71. The molecule has 6 nitrogen and oxygen atoms in total. The smallest absolute Gasteiger partial charge is 0.264 e. The van der Waals surface area contributed by atoms with Gasteiger partial charge >= 0.3 is 0 Å². The first-order valence-electron chi connectivity index (χ1n) is 9.23. The Balaban J connectivity index is 1.91. The van der Waals surface area contributed by atoms with Crippen LogP contribution in [0.15, 0.2) is 70.2 Å². The Morgan fingerprint density at radius 1 is 1.00 bits per heavy atom. The first-order valence-corrected chi connectivity index (χ1v) is 10.7. The molecule has 7 heteroatoms. The number of carbonyl (C=O) groups excluding carboxylic acids is 1. The first kappa shape index (κ1) is 20.7. The summed E-state index contributed by atoms with van der Waals surface area (Å²) in [5, 5.41) is 2.71. The molecule has 152 valence electrons. The molecule has 2 aromatic carbocycles. The van der Waals surface area contributed by atoms with Gasteiger partial charge in [-0.2, -0.15) is 0 Å². The second-order valence-corrected chi connectivity index (χ2v) is 8.81. The van der Waals surface area contributed by atoms with Crippen molar-refractivity contribution in [2.45, 2.75) is 32.2 Å². The largest absolute Gasteiger partial charge is 0.467 e. The highest BCUT2D eigenvalue weighted by molar-refractivity contribution is 7.92. The van der Waals surface area contributed by atoms with Gasteiger partial charge in [0.2, 0.25) is 5.91 Å². The van der Waals surface area contributed by atoms with Crippen molar-refractivity contribution in [3.05, 3.63) is 83.3 Å². The van der Waals surface area contributed by atoms with Crippen LogP contribution >= 0.6 is 0 Å². The molecule has 0 bridgehead atoms. The number of amides is 1. The standard InChI is InChI=1S/C22H24N2O4S/c1-16-6-10-21(11-7-16)29(26,27)24(19-9-8-17(2)18(3)13-19)15-22(25)23-14-20-5-4-12-28-20/h4-13H,14-15H2,1-3H3,(H,23,25). The molecule has 0 aliphatic carbocycles. The maximum Gasteiger partial charge on any atom is 0.264 e. The Kier molecular flexibility index (Phi) is 6.08. The minimum absolute atomic E-state index is 0.139. The van der Waals surface area contributed by atoms with Crippen molar-refractivity contribution in [1.82, 2.24) is 5.32 Å². The fraction of sp³-hybridized carbons (Fsp3) is 0.227. The molecule has 0 radical (unpaired) electrons. The molecule has 3 rings (SSSR count). The number of nitrogens with zero attached hydrogens (tertiary/aromatic N) is 1. The molecule has 0 unspecified atom stereocenters. The van der Waals surface area contributed by atoms with E-state index in [9.17, 15) is 13.2 Å². The van der Waals surface area contributed by atoms with Crippen LogP contribution in [0.1, 0.15) is 22.5 Å². The number of carbonyl (C=O) groups is 1. The number of anilines is 1. The van der Waals surface area contributed by atoms with E-state index in [1.54, 1.807) is 48.5 Å². The minimum Gasteiger partial charge on any atom is -0.467 e. The van der Waals surface area contributed by atoms with Crippen LogP contribution in [0.3, 0.4) is 0 Å². The van der Waals surface area contributed by atoms with E-state index in [-0.39, 0.29) is 18.0 Å². The lowest BCUT2D eigenvalue weighted by Gasteiger charge is -2.25. The molecule has 1 N–H and O–H groups in total. The highest BCUT2D eigenvalue weighted by Gasteiger charge is 2.27. The Labute approximate surface area is 171 Å². The van der Waals surface area contributed by atoms with E-state index in [1.165, 1.54) is 6.26 Å². The Hall–Kier alpha value is -3.06. The van der Waals surface area contributed by atoms with Crippen molar-refractivity contribution in [3.63, 3.8) is 0 Å². The number of nitrogens with one attached hydrogen (secondary N) is 1. The molecule has 0 saturated heterocycles. The third-order valence-corrected chi connectivity index (χ3v) is 6.50. The van der Waals surface area contributed by atoms with Gasteiger partial charge in [0.15, 0.2) is 0 Å². The van der Waals surface area contributed by atoms with Crippen molar-refractivity contribution in [2.24, 2.45) is 0 Å². The van der Waals surface area contributed by atoms with Gasteiger partial charge in [0, 0.05) is 0 Å². The molecule has 3 aromatic rings. The predicted octanol–water partition coefficient (Wildman–Crippen LogP) is 3.72. The summed E-state index contributed by atoms with van der Waals surface area (Å²) in [6, 6.07) is 15.4. The van der Waals surface area contributed by atoms with Crippen LogP contribution in [-0.2, 0) is 21.4 Å². The molecule has 0 saturated carbocycles. The fourth-order valence-electron chi connectivity index (χ4n) is 2.82. The van der Waals surface area contributed by atoms with Crippen molar-refractivity contribution in [2.75, 3.05) is 10.8 Å². The second kappa shape index (κ2) is 8.53. The van der Waals surface area contributed by atoms with E-state index < -0.39 is 15.9 Å². The molecule has 0 atom stereocenters. The van der Waals surface area contributed by atoms with E-state index in [0.717, 1.165) is 21.0 Å². The fourth-order valence-corrected chi connectivity index (χ4v) is 4.23. The van der Waals surface area contributed by atoms with E-state index in [4.69, 9.17) is 4.42 Å². The summed E-state index contributed by atoms with van der Waals surface area (Å²) >= 11 is 0. The minimum atomic E-state index is -3.92. The van der Waals surface area contributed by atoms with Crippen LogP contribution in [-0.4, -0.2) is 20.9 Å². The van der Waals surface area contributed by atoms with Gasteiger partial charge in [-0.3, -0.25) is 9.10 Å². The predicted molar refractivity (Wildman–Crippen MR) is 112 cm³/mol. The quantitative estimate of drug-likeness (QED) is 0.641. The Morgan fingerprint density at radius 3 is 2.34 bits per heavy atom. The monoisotopic (exact) mass is 412 g/mol. The average Bonchev–Trinajstić information content (AvgIpc) is 3.21. The summed E-state index contributed by atoms with van der Waals surface area (Å²) in [6.07, 6.45) is 1.52. The maximum atomic E-state index is 13.3. The molecule has 1 amide bonds. The molecular formula is C22H24N2O4S. The molecule has 0 aliphatic heterocycles. The maximum absolute atomic E-state index is 13.3. The number of benzene rings is 2. The van der Waals surface area contributed by atoms with Crippen molar-refractivity contribution < 1.29 is 17.6 Å². The number of aryl methyl sites for hydroxylation is 3. The number of hydrogen-bond acceptors (Lipinski definition) is 4. The molecule has 0 spiro atoms. The van der Waals surface area contributed by atoms with Crippen LogP contribution in [0.4, 0.5) is 5.69 Å². The SMILES string of the molecule is Cc1ccc(S(=O)(=O)N(CC(=O)NCc2ccco2)c2ccc(C)c(C)c2)cc1. The van der Waals surface area contributed by atoms with Crippen molar-refractivity contribution in [3.8, 4) is 0 Å². The van der Waals surface area contributed by atoms with Gasteiger partial charge in [-0.05, 0) is 68.3 Å². The lowest BCUT2D eigenvalue weighted by atomic mass is 10.1. The van der Waals surface area contributed by atoms with E-state index in [1.807, 2.05) is 26.8 Å². The lowest BCUT2D eigenvalue weighted by Crippen LogP contribution is -2.40. The summed E-state index contributed by atoms with van der Waals surface area (Å²) in [5.41, 5.74) is 3.39. The van der Waals surface area contributed by atoms with Gasteiger partial charge < -0.3 is 9.73 Å². The lowest BCUT2D eigenvalue weighted by molar-refractivity contribution is -0.119. The van der Waals surface area contributed by atoms with E-state index in [0.29, 0.717) is 11.4 Å². The van der Waals surface area contributed by atoms with Crippen LogP contribution < -0.4 is 9.62 Å². The van der Waals surface area contributed by atoms with Crippen molar-refractivity contribution in [1.29, 1.82) is 0 Å². The summed E-state index contributed by atoms with van der Waals surface area (Å²) in [6.45, 7) is 5.61. The van der Waals surface area contributed by atoms with Crippen LogP contribution in [0.2, 0.25) is 0 Å². The first-order chi connectivity index (χ1) is 13.8. The second-order valence-electron chi connectivity index (χ2n) is 6.95.